The van der Waals surface area contributed by atoms with Crippen molar-refractivity contribution in [1.29, 1.82) is 0 Å². The molecule has 0 unspecified atom stereocenters. The van der Waals surface area contributed by atoms with Gasteiger partial charge in [0.25, 0.3) is 11.7 Å². The second-order valence-electron chi connectivity index (χ2n) is 4.24. The molecule has 0 radical (unpaired) electrons. The van der Waals surface area contributed by atoms with Crippen LogP contribution in [0.3, 0.4) is 0 Å². The van der Waals surface area contributed by atoms with Crippen molar-refractivity contribution in [3.63, 3.8) is 0 Å². The van der Waals surface area contributed by atoms with Gasteiger partial charge < -0.3 is 14.7 Å². The number of carboxylic acids is 1. The van der Waals surface area contributed by atoms with Crippen molar-refractivity contribution in [3.8, 4) is 0 Å². The Labute approximate surface area is 108 Å². The van der Waals surface area contributed by atoms with Gasteiger partial charge in [-0.15, -0.1) is 10.2 Å². The molecule has 104 valence electrons. The zero-order valence-corrected chi connectivity index (χ0v) is 10.3. The lowest BCUT2D eigenvalue weighted by molar-refractivity contribution is -0.138. The highest BCUT2D eigenvalue weighted by Crippen LogP contribution is 2.15. The molecule has 0 saturated carbocycles. The fourth-order valence-electron chi connectivity index (χ4n) is 1.93. The molecule has 1 saturated heterocycles. The molecule has 1 amide bonds. The molecule has 9 heteroatoms. The molecule has 2 N–H and O–H groups in total. The number of carbonyl (C=O) groups is 2. The van der Waals surface area contributed by atoms with Crippen molar-refractivity contribution in [2.75, 3.05) is 19.7 Å². The summed E-state index contributed by atoms with van der Waals surface area (Å²) in [5.74, 6) is -1.06. The van der Waals surface area contributed by atoms with Crippen molar-refractivity contribution >= 4 is 11.9 Å². The Hall–Kier alpha value is -2.03. The van der Waals surface area contributed by atoms with E-state index in [1.54, 1.807) is 4.90 Å². The molecular formula is C10H15N5O4. The number of nitrogens with one attached hydrogen (secondary N) is 1. The van der Waals surface area contributed by atoms with Crippen LogP contribution in [0.15, 0.2) is 0 Å². The van der Waals surface area contributed by atoms with E-state index in [1.165, 1.54) is 0 Å². The van der Waals surface area contributed by atoms with Gasteiger partial charge in [-0.2, -0.15) is 5.21 Å². The Bertz CT molecular complexity index is 427. The lowest BCUT2D eigenvalue weighted by Gasteiger charge is -2.31. The third kappa shape index (κ3) is 3.71. The van der Waals surface area contributed by atoms with Crippen LogP contribution in [-0.4, -0.2) is 68.3 Å². The van der Waals surface area contributed by atoms with Crippen LogP contribution in [-0.2, 0) is 9.53 Å². The first kappa shape index (κ1) is 13.4. The molecule has 1 aromatic rings. The zero-order chi connectivity index (χ0) is 13.7. The molecule has 0 bridgehead atoms. The van der Waals surface area contributed by atoms with E-state index in [2.05, 4.69) is 20.6 Å². The fourth-order valence-corrected chi connectivity index (χ4v) is 1.93. The number of carbonyl (C=O) groups excluding carboxylic acids is 1. The summed E-state index contributed by atoms with van der Waals surface area (Å²) >= 11 is 0. The summed E-state index contributed by atoms with van der Waals surface area (Å²) in [6.45, 7) is 1.30. The van der Waals surface area contributed by atoms with E-state index >= 15 is 0 Å². The topological polar surface area (TPSA) is 121 Å². The Balaban J connectivity index is 1.73. The summed E-state index contributed by atoms with van der Waals surface area (Å²) in [5.41, 5.74) is 0. The van der Waals surface area contributed by atoms with Gasteiger partial charge in [0.15, 0.2) is 0 Å². The number of aliphatic carboxylic acids is 1. The summed E-state index contributed by atoms with van der Waals surface area (Å²) in [4.78, 5) is 23.9. The van der Waals surface area contributed by atoms with Crippen molar-refractivity contribution in [1.82, 2.24) is 25.5 Å². The highest BCUT2D eigenvalue weighted by Gasteiger charge is 2.26. The van der Waals surface area contributed by atoms with Crippen LogP contribution < -0.4 is 0 Å². The molecule has 1 aliphatic rings. The van der Waals surface area contributed by atoms with Gasteiger partial charge in [-0.25, -0.2) is 0 Å². The van der Waals surface area contributed by atoms with Crippen molar-refractivity contribution in [3.05, 3.63) is 5.82 Å². The molecule has 0 aromatic carbocycles. The number of ether oxygens (including phenoxy) is 1. The van der Waals surface area contributed by atoms with E-state index in [0.29, 0.717) is 25.9 Å². The lowest BCUT2D eigenvalue weighted by Crippen LogP contribution is -2.41. The van der Waals surface area contributed by atoms with Crippen LogP contribution in [0.2, 0.25) is 0 Å². The first-order valence-electron chi connectivity index (χ1n) is 6.03. The third-order valence-electron chi connectivity index (χ3n) is 2.94. The number of piperidine rings is 1. The lowest BCUT2D eigenvalue weighted by atomic mass is 10.1. The van der Waals surface area contributed by atoms with E-state index in [1.807, 2.05) is 0 Å². The van der Waals surface area contributed by atoms with Gasteiger partial charge in [0.05, 0.1) is 19.1 Å². The Kier molecular flexibility index (Phi) is 4.39. The molecule has 1 aliphatic heterocycles. The van der Waals surface area contributed by atoms with Gasteiger partial charge in [0, 0.05) is 13.1 Å². The van der Waals surface area contributed by atoms with Crippen molar-refractivity contribution in [2.45, 2.75) is 25.4 Å². The predicted octanol–water partition coefficient (Wildman–Crippen LogP) is -0.704. The predicted molar refractivity (Wildman–Crippen MR) is 61.3 cm³/mol. The average Bonchev–Trinajstić information content (AvgIpc) is 2.92. The zero-order valence-electron chi connectivity index (χ0n) is 10.3. The van der Waals surface area contributed by atoms with Gasteiger partial charge in [-0.1, -0.05) is 0 Å². The molecule has 2 heterocycles. The standard InChI is InChI=1S/C10H15N5O4/c16-8(17)3-6-19-7-1-4-15(5-2-7)10(18)9-11-13-14-12-9/h7H,1-6H2,(H,16,17)(H,11,12,13,14). The first-order chi connectivity index (χ1) is 9.16. The highest BCUT2D eigenvalue weighted by molar-refractivity contribution is 5.90. The summed E-state index contributed by atoms with van der Waals surface area (Å²) in [6.07, 6.45) is 1.38. The van der Waals surface area contributed by atoms with Crippen LogP contribution >= 0.6 is 0 Å². The number of rotatable bonds is 5. The van der Waals surface area contributed by atoms with E-state index < -0.39 is 5.97 Å². The maximum atomic E-state index is 11.9. The van der Waals surface area contributed by atoms with Gasteiger partial charge in [0.1, 0.15) is 0 Å². The number of likely N-dealkylation sites (tertiary alicyclic amines) is 1. The van der Waals surface area contributed by atoms with Gasteiger partial charge >= 0.3 is 5.97 Å². The minimum absolute atomic E-state index is 0.00199. The fraction of sp³-hybridized carbons (Fsp3) is 0.700. The minimum Gasteiger partial charge on any atom is -0.481 e. The number of amides is 1. The van der Waals surface area contributed by atoms with E-state index in [-0.39, 0.29) is 30.9 Å². The molecule has 0 aliphatic carbocycles. The number of hydrogen-bond donors (Lipinski definition) is 2. The molecule has 1 fully saturated rings. The molecule has 1 aromatic heterocycles. The monoisotopic (exact) mass is 269 g/mol. The highest BCUT2D eigenvalue weighted by atomic mass is 16.5. The normalized spacial score (nSPS) is 16.5. The molecule has 2 rings (SSSR count). The Morgan fingerprint density at radius 1 is 1.42 bits per heavy atom. The Morgan fingerprint density at radius 2 is 2.16 bits per heavy atom. The minimum atomic E-state index is -0.871. The number of nitrogens with zero attached hydrogens (tertiary/aromatic N) is 4. The molecular weight excluding hydrogens is 254 g/mol. The first-order valence-corrected chi connectivity index (χ1v) is 6.03. The summed E-state index contributed by atoms with van der Waals surface area (Å²) in [6, 6.07) is 0. The van der Waals surface area contributed by atoms with Crippen molar-refractivity contribution < 1.29 is 19.4 Å². The van der Waals surface area contributed by atoms with Crippen LogP contribution in [0.25, 0.3) is 0 Å². The average molecular weight is 269 g/mol. The van der Waals surface area contributed by atoms with Crippen LogP contribution in [0.1, 0.15) is 29.9 Å². The maximum Gasteiger partial charge on any atom is 0.305 e. The maximum absolute atomic E-state index is 11.9. The number of H-pyrrole nitrogens is 1. The van der Waals surface area contributed by atoms with Crippen LogP contribution in [0.4, 0.5) is 0 Å². The summed E-state index contributed by atoms with van der Waals surface area (Å²) in [7, 11) is 0. The number of aromatic amines is 1. The van der Waals surface area contributed by atoms with Crippen molar-refractivity contribution in [2.24, 2.45) is 0 Å². The second-order valence-corrected chi connectivity index (χ2v) is 4.24. The second kappa shape index (κ2) is 6.23. The summed E-state index contributed by atoms with van der Waals surface area (Å²) < 4.78 is 5.44. The number of carboxylic acid groups (broad SMARTS) is 1. The van der Waals surface area contributed by atoms with Crippen LogP contribution in [0.5, 0.6) is 0 Å². The molecule has 19 heavy (non-hydrogen) atoms. The SMILES string of the molecule is O=C(O)CCOC1CCN(C(=O)c2nn[nH]n2)CC1. The summed E-state index contributed by atoms with van der Waals surface area (Å²) in [5, 5.41) is 21.4. The van der Waals surface area contributed by atoms with E-state index in [9.17, 15) is 9.59 Å². The third-order valence-corrected chi connectivity index (χ3v) is 2.94. The quantitative estimate of drug-likeness (QED) is 0.724. The smallest absolute Gasteiger partial charge is 0.305 e. The molecule has 9 nitrogen and oxygen atoms in total. The molecule has 0 spiro atoms. The Morgan fingerprint density at radius 3 is 2.74 bits per heavy atom. The number of aromatic nitrogens is 4. The van der Waals surface area contributed by atoms with E-state index in [4.69, 9.17) is 9.84 Å². The van der Waals surface area contributed by atoms with Gasteiger partial charge in [-0.05, 0) is 18.1 Å². The number of hydrogen-bond acceptors (Lipinski definition) is 6. The van der Waals surface area contributed by atoms with Gasteiger partial charge in [-0.3, -0.25) is 9.59 Å². The van der Waals surface area contributed by atoms with Gasteiger partial charge in [0.2, 0.25) is 0 Å². The van der Waals surface area contributed by atoms with Crippen LogP contribution in [0, 0.1) is 0 Å². The largest absolute Gasteiger partial charge is 0.481 e. The number of tetrazole rings is 1. The van der Waals surface area contributed by atoms with E-state index in [0.717, 1.165) is 0 Å². The molecule has 0 atom stereocenters.